The van der Waals surface area contributed by atoms with Crippen LogP contribution in [0.2, 0.25) is 0 Å². The van der Waals surface area contributed by atoms with Gasteiger partial charge in [0.25, 0.3) is 5.91 Å². The van der Waals surface area contributed by atoms with Gasteiger partial charge in [-0.05, 0) is 34.6 Å². The summed E-state index contributed by atoms with van der Waals surface area (Å²) in [7, 11) is 0. The lowest BCUT2D eigenvalue weighted by molar-refractivity contribution is -0.161. The number of ketones is 1. The summed E-state index contributed by atoms with van der Waals surface area (Å²) < 4.78 is 45.3. The van der Waals surface area contributed by atoms with Gasteiger partial charge in [0, 0.05) is 18.8 Å². The van der Waals surface area contributed by atoms with Gasteiger partial charge in [-0.2, -0.15) is 8.78 Å². The fourth-order valence-electron chi connectivity index (χ4n) is 5.41. The first-order valence-electron chi connectivity index (χ1n) is 17.5. The van der Waals surface area contributed by atoms with Crippen molar-refractivity contribution in [1.82, 2.24) is 25.5 Å². The molecule has 3 aromatic carbocycles. The molecular weight excluding hydrogens is 684 g/mol. The van der Waals surface area contributed by atoms with E-state index in [1.807, 2.05) is 60.7 Å². The highest BCUT2D eigenvalue weighted by Gasteiger charge is 2.51. The van der Waals surface area contributed by atoms with E-state index in [0.29, 0.717) is 11.3 Å². The van der Waals surface area contributed by atoms with Crippen LogP contribution in [0.4, 0.5) is 8.78 Å². The number of nitrogens with zero attached hydrogens (tertiary/aromatic N) is 2. The van der Waals surface area contributed by atoms with E-state index >= 15 is 8.78 Å². The minimum absolute atomic E-state index is 0.0797. The molecule has 11 nitrogen and oxygen atoms in total. The Labute approximate surface area is 308 Å². The van der Waals surface area contributed by atoms with E-state index < -0.39 is 59.9 Å². The summed E-state index contributed by atoms with van der Waals surface area (Å²) in [5, 5.41) is 7.36. The summed E-state index contributed by atoms with van der Waals surface area (Å²) in [6.07, 6.45) is 4.07. The molecular formula is C40H47F2N5O6. The Morgan fingerprint density at radius 3 is 2.02 bits per heavy atom. The number of para-hydroxylation sites is 1. The van der Waals surface area contributed by atoms with Crippen LogP contribution in [0.15, 0.2) is 104 Å². The van der Waals surface area contributed by atoms with E-state index in [1.165, 1.54) is 17.1 Å². The molecule has 4 rings (SSSR count). The van der Waals surface area contributed by atoms with Gasteiger partial charge >= 0.3 is 5.92 Å². The minimum Gasteiger partial charge on any atom is -0.489 e. The molecule has 3 atom stereocenters. The minimum atomic E-state index is -4.55. The molecule has 53 heavy (non-hydrogen) atoms. The Bertz CT molecular complexity index is 1770. The second-order valence-corrected chi connectivity index (χ2v) is 13.4. The number of halogens is 2. The van der Waals surface area contributed by atoms with Gasteiger partial charge in [-0.25, -0.2) is 4.98 Å². The molecule has 3 unspecified atom stereocenters. The highest BCUT2D eigenvalue weighted by molar-refractivity contribution is 6.10. The van der Waals surface area contributed by atoms with E-state index in [0.717, 1.165) is 11.1 Å². The fourth-order valence-corrected chi connectivity index (χ4v) is 5.41. The predicted octanol–water partition coefficient (Wildman–Crippen LogP) is 4.89. The standard InChI is InChI=1S/C40H47F2N5O6/c1-27(2)33(25-52-23-29-13-7-5-8-14-29)45-39(51)40(41,42)37(49)32(21-31-17-11-12-18-34(31)53-24-30-15-9-6-10-16-30)44-38(50)36(28(3)4)46-35(48)22-47-20-19-43-26-47/h5-20,26-28,32-33,36H,21-25H2,1-4H3,(H,44,50)(H,45,51)(H,46,48). The van der Waals surface area contributed by atoms with Crippen LogP contribution in [0.1, 0.15) is 44.4 Å². The van der Waals surface area contributed by atoms with Gasteiger partial charge in [0.2, 0.25) is 17.6 Å². The molecule has 0 spiro atoms. The lowest BCUT2D eigenvalue weighted by Gasteiger charge is -2.29. The van der Waals surface area contributed by atoms with Gasteiger partial charge in [-0.1, -0.05) is 107 Å². The highest BCUT2D eigenvalue weighted by Crippen LogP contribution is 2.25. The van der Waals surface area contributed by atoms with Crippen molar-refractivity contribution in [3.8, 4) is 5.75 Å². The van der Waals surface area contributed by atoms with Gasteiger partial charge in [-0.3, -0.25) is 19.2 Å². The number of amides is 3. The van der Waals surface area contributed by atoms with Crippen LogP contribution in [0, 0.1) is 11.8 Å². The monoisotopic (exact) mass is 731 g/mol. The number of rotatable bonds is 20. The van der Waals surface area contributed by atoms with E-state index in [1.54, 1.807) is 58.2 Å². The normalized spacial score (nSPS) is 13.2. The number of carbonyl (C=O) groups is 4. The number of aromatic nitrogens is 2. The van der Waals surface area contributed by atoms with Gasteiger partial charge in [-0.15, -0.1) is 0 Å². The molecule has 0 bridgehead atoms. The third-order valence-electron chi connectivity index (χ3n) is 8.54. The fraction of sp³-hybridized carbons (Fsp3) is 0.375. The van der Waals surface area contributed by atoms with Gasteiger partial charge in [0.05, 0.1) is 31.6 Å². The molecule has 0 aliphatic rings. The number of alkyl halides is 2. The number of Topliss-reactive ketones (excluding diaryl/α,β-unsaturated/α-hetero) is 1. The van der Waals surface area contributed by atoms with E-state index in [4.69, 9.17) is 9.47 Å². The first-order valence-corrected chi connectivity index (χ1v) is 17.5. The van der Waals surface area contributed by atoms with Crippen LogP contribution < -0.4 is 20.7 Å². The Morgan fingerprint density at radius 2 is 1.42 bits per heavy atom. The van der Waals surface area contributed by atoms with E-state index in [2.05, 4.69) is 20.9 Å². The third kappa shape index (κ3) is 12.1. The van der Waals surface area contributed by atoms with Crippen LogP contribution in [0.3, 0.4) is 0 Å². The highest BCUT2D eigenvalue weighted by atomic mass is 19.3. The number of nitrogens with one attached hydrogen (secondary N) is 3. The lowest BCUT2D eigenvalue weighted by Crippen LogP contribution is -2.60. The average molecular weight is 732 g/mol. The maximum atomic E-state index is 16.0. The lowest BCUT2D eigenvalue weighted by atomic mass is 9.95. The van der Waals surface area contributed by atoms with E-state index in [-0.39, 0.29) is 32.3 Å². The summed E-state index contributed by atoms with van der Waals surface area (Å²) in [5.41, 5.74) is 2.06. The molecule has 3 amide bonds. The quantitative estimate of drug-likeness (QED) is 0.110. The molecule has 1 aromatic heterocycles. The van der Waals surface area contributed by atoms with Crippen LogP contribution in [0.5, 0.6) is 5.75 Å². The van der Waals surface area contributed by atoms with Crippen molar-refractivity contribution in [1.29, 1.82) is 0 Å². The zero-order valence-corrected chi connectivity index (χ0v) is 30.3. The van der Waals surface area contributed by atoms with Gasteiger partial charge < -0.3 is 30.0 Å². The first kappa shape index (κ1) is 40.3. The van der Waals surface area contributed by atoms with Crippen molar-refractivity contribution < 1.29 is 37.4 Å². The van der Waals surface area contributed by atoms with Crippen molar-refractivity contribution in [2.45, 2.75) is 77.9 Å². The van der Waals surface area contributed by atoms with Gasteiger partial charge in [0.1, 0.15) is 24.9 Å². The summed E-state index contributed by atoms with van der Waals surface area (Å²) >= 11 is 0. The van der Waals surface area contributed by atoms with E-state index in [9.17, 15) is 19.2 Å². The van der Waals surface area contributed by atoms with Crippen LogP contribution in [-0.4, -0.2) is 63.7 Å². The molecule has 0 aliphatic heterocycles. The second-order valence-electron chi connectivity index (χ2n) is 13.4. The zero-order chi connectivity index (χ0) is 38.4. The topological polar surface area (TPSA) is 141 Å². The number of hydrogen-bond donors (Lipinski definition) is 3. The molecule has 4 aromatic rings. The Balaban J connectivity index is 1.55. The smallest absolute Gasteiger partial charge is 0.383 e. The van der Waals surface area contributed by atoms with Crippen molar-refractivity contribution in [2.75, 3.05) is 6.61 Å². The summed E-state index contributed by atoms with van der Waals surface area (Å²) in [5.74, 6) is -10.1. The van der Waals surface area contributed by atoms with Crippen molar-refractivity contribution in [3.05, 3.63) is 120 Å². The number of hydrogen-bond acceptors (Lipinski definition) is 7. The second kappa shape index (κ2) is 19.4. The predicted molar refractivity (Wildman–Crippen MR) is 195 cm³/mol. The molecule has 0 aliphatic carbocycles. The molecule has 1 heterocycles. The van der Waals surface area contributed by atoms with Gasteiger partial charge in [0.15, 0.2) is 0 Å². The largest absolute Gasteiger partial charge is 0.489 e. The Hall–Kier alpha value is -5.43. The number of carbonyl (C=O) groups excluding carboxylic acids is 4. The van der Waals surface area contributed by atoms with Crippen LogP contribution in [-0.2, 0) is 50.1 Å². The third-order valence-corrected chi connectivity index (χ3v) is 8.54. The van der Waals surface area contributed by atoms with Crippen molar-refractivity contribution in [2.24, 2.45) is 11.8 Å². The number of benzene rings is 3. The van der Waals surface area contributed by atoms with Crippen molar-refractivity contribution >= 4 is 23.5 Å². The zero-order valence-electron chi connectivity index (χ0n) is 30.3. The van der Waals surface area contributed by atoms with Crippen LogP contribution >= 0.6 is 0 Å². The van der Waals surface area contributed by atoms with Crippen molar-refractivity contribution in [3.63, 3.8) is 0 Å². The summed E-state index contributed by atoms with van der Waals surface area (Å²) in [6, 6.07) is 21.2. The Morgan fingerprint density at radius 1 is 0.792 bits per heavy atom. The molecule has 13 heteroatoms. The molecule has 0 fully saturated rings. The maximum Gasteiger partial charge on any atom is 0.383 e. The molecule has 3 N–H and O–H groups in total. The Kier molecular flexibility index (Phi) is 14.8. The molecule has 0 saturated carbocycles. The average Bonchev–Trinajstić information content (AvgIpc) is 3.66. The molecule has 0 saturated heterocycles. The summed E-state index contributed by atoms with van der Waals surface area (Å²) in [6.45, 7) is 6.93. The first-order chi connectivity index (χ1) is 25.3. The molecule has 0 radical (unpaired) electrons. The maximum absolute atomic E-state index is 16.0. The van der Waals surface area contributed by atoms with Crippen LogP contribution in [0.25, 0.3) is 0 Å². The SMILES string of the molecule is CC(C)C(COCc1ccccc1)NC(=O)C(F)(F)C(=O)C(Cc1ccccc1OCc1ccccc1)NC(=O)C(NC(=O)Cn1ccnc1)C(C)C. The number of imidazole rings is 1. The number of ether oxygens (including phenoxy) is 2. The molecule has 282 valence electrons. The summed E-state index contributed by atoms with van der Waals surface area (Å²) in [4.78, 5) is 57.5.